The monoisotopic (exact) mass is 552 g/mol. The lowest BCUT2D eigenvalue weighted by Gasteiger charge is -2.29. The maximum absolute atomic E-state index is 13.9. The van der Waals surface area contributed by atoms with Gasteiger partial charge < -0.3 is 14.6 Å². The number of halogens is 1. The van der Waals surface area contributed by atoms with E-state index in [1.54, 1.807) is 41.5 Å². The molecule has 2 saturated heterocycles. The number of imide groups is 1. The first-order chi connectivity index (χ1) is 17.4. The average molecular weight is 553 g/mol. The molecule has 1 N–H and O–H groups in total. The molecule has 2 fully saturated rings. The summed E-state index contributed by atoms with van der Waals surface area (Å²) in [6.07, 6.45) is -1.01. The van der Waals surface area contributed by atoms with Gasteiger partial charge in [0.05, 0.1) is 35.1 Å². The Morgan fingerprint density at radius 3 is 2.36 bits per heavy atom. The number of carbonyl (C=O) groups excluding carboxylic acids is 2. The van der Waals surface area contributed by atoms with Gasteiger partial charge in [0.2, 0.25) is 5.91 Å². The van der Waals surface area contributed by atoms with Crippen molar-refractivity contribution in [3.8, 4) is 17.2 Å². The molecule has 5 rings (SSSR count). The molecule has 2 aliphatic rings. The molecule has 2 aliphatic heterocycles. The Morgan fingerprint density at radius 1 is 0.917 bits per heavy atom. The number of hydrogen-bond acceptors (Lipinski definition) is 7. The molecular weight excluding hydrogens is 528 g/mol. The van der Waals surface area contributed by atoms with E-state index in [4.69, 9.17) is 14.3 Å². The van der Waals surface area contributed by atoms with E-state index in [9.17, 15) is 14.7 Å². The largest absolute Gasteiger partial charge is 0.503 e. The van der Waals surface area contributed by atoms with Crippen LogP contribution in [0.3, 0.4) is 0 Å². The van der Waals surface area contributed by atoms with Crippen LogP contribution in [0.25, 0.3) is 0 Å². The number of benzene rings is 3. The molecule has 36 heavy (non-hydrogen) atoms. The summed E-state index contributed by atoms with van der Waals surface area (Å²) in [5.41, 5.74) is 1.79. The normalized spacial score (nSPS) is 21.1. The maximum Gasteiger partial charge on any atom is 0.266 e. The first kappa shape index (κ1) is 24.1. The van der Waals surface area contributed by atoms with Crippen LogP contribution in [0.2, 0.25) is 0 Å². The zero-order valence-electron chi connectivity index (χ0n) is 19.8. The number of hydrogen-bond donors (Lipinski definition) is 1. The predicted molar refractivity (Wildman–Crippen MR) is 137 cm³/mol. The molecule has 3 aromatic rings. The molecule has 2 amide bonds. The van der Waals surface area contributed by atoms with Crippen LogP contribution in [0.1, 0.15) is 25.5 Å². The van der Waals surface area contributed by atoms with Crippen LogP contribution < -0.4 is 19.4 Å². The van der Waals surface area contributed by atoms with E-state index in [2.05, 4.69) is 15.9 Å². The molecule has 3 aromatic carbocycles. The molecular formula is C27H25BrN2O6. The van der Waals surface area contributed by atoms with Crippen molar-refractivity contribution in [3.05, 3.63) is 76.8 Å². The van der Waals surface area contributed by atoms with Gasteiger partial charge in [0, 0.05) is 6.07 Å². The number of ether oxygens (including phenoxy) is 2. The minimum Gasteiger partial charge on any atom is -0.503 e. The fourth-order valence-electron chi connectivity index (χ4n) is 4.72. The van der Waals surface area contributed by atoms with Crippen molar-refractivity contribution in [1.82, 2.24) is 0 Å². The van der Waals surface area contributed by atoms with Crippen LogP contribution in [-0.4, -0.2) is 36.2 Å². The first-order valence-corrected chi connectivity index (χ1v) is 12.5. The third kappa shape index (κ3) is 4.08. The lowest BCUT2D eigenvalue weighted by molar-refractivity contribution is -0.126. The lowest BCUT2D eigenvalue weighted by Crippen LogP contribution is -2.37. The van der Waals surface area contributed by atoms with E-state index in [1.165, 1.54) is 4.90 Å². The Kier molecular flexibility index (Phi) is 6.59. The first-order valence-electron chi connectivity index (χ1n) is 11.7. The van der Waals surface area contributed by atoms with Crippen LogP contribution in [0.5, 0.6) is 17.2 Å². The van der Waals surface area contributed by atoms with Gasteiger partial charge >= 0.3 is 0 Å². The zero-order valence-corrected chi connectivity index (χ0v) is 21.3. The van der Waals surface area contributed by atoms with Crippen molar-refractivity contribution in [1.29, 1.82) is 0 Å². The quantitative estimate of drug-likeness (QED) is 0.412. The number of aromatic hydroxyl groups is 1. The van der Waals surface area contributed by atoms with Crippen LogP contribution in [0.15, 0.2) is 71.2 Å². The van der Waals surface area contributed by atoms with Crippen molar-refractivity contribution in [2.24, 2.45) is 5.92 Å². The SMILES string of the molecule is CCOc1cccc(N2C(=O)[C@@H]3[C@H](ON(c4ccccc4)[C@H]3c3cc(Br)c(O)c(OCC)c3)C2=O)c1. The van der Waals surface area contributed by atoms with Gasteiger partial charge in [0.1, 0.15) is 11.7 Å². The maximum atomic E-state index is 13.9. The number of amides is 2. The minimum atomic E-state index is -1.01. The third-order valence-electron chi connectivity index (χ3n) is 6.21. The van der Waals surface area contributed by atoms with E-state index >= 15 is 0 Å². The summed E-state index contributed by atoms with van der Waals surface area (Å²) in [6, 6.07) is 19.0. The Hall–Kier alpha value is -3.56. The molecule has 0 aliphatic carbocycles. The van der Waals surface area contributed by atoms with Crippen LogP contribution in [0, 0.1) is 5.92 Å². The number of hydroxylamine groups is 1. The van der Waals surface area contributed by atoms with E-state index in [0.29, 0.717) is 40.4 Å². The highest BCUT2D eigenvalue weighted by molar-refractivity contribution is 9.10. The third-order valence-corrected chi connectivity index (χ3v) is 6.81. The van der Waals surface area contributed by atoms with Crippen molar-refractivity contribution in [2.45, 2.75) is 26.0 Å². The molecule has 0 aromatic heterocycles. The summed E-state index contributed by atoms with van der Waals surface area (Å²) in [5.74, 6) is -0.824. The van der Waals surface area contributed by atoms with E-state index in [0.717, 1.165) is 0 Å². The number of fused-ring (bicyclic) bond motifs is 1. The topological polar surface area (TPSA) is 88.5 Å². The summed E-state index contributed by atoms with van der Waals surface area (Å²) in [6.45, 7) is 4.50. The average Bonchev–Trinajstić information content (AvgIpc) is 3.39. The number of anilines is 2. The second-order valence-electron chi connectivity index (χ2n) is 8.38. The van der Waals surface area contributed by atoms with E-state index in [1.807, 2.05) is 44.2 Å². The lowest BCUT2D eigenvalue weighted by atomic mass is 9.90. The van der Waals surface area contributed by atoms with Gasteiger partial charge in [-0.2, -0.15) is 0 Å². The highest BCUT2D eigenvalue weighted by Crippen LogP contribution is 2.50. The van der Waals surface area contributed by atoms with Gasteiger partial charge in [-0.05, 0) is 71.7 Å². The number of rotatable bonds is 7. The molecule has 0 saturated carbocycles. The molecule has 0 spiro atoms. The number of para-hydroxylation sites is 1. The molecule has 8 nitrogen and oxygen atoms in total. The zero-order chi connectivity index (χ0) is 25.4. The molecule has 186 valence electrons. The fourth-order valence-corrected chi connectivity index (χ4v) is 5.18. The van der Waals surface area contributed by atoms with Crippen molar-refractivity contribution in [3.63, 3.8) is 0 Å². The predicted octanol–water partition coefficient (Wildman–Crippen LogP) is 5.00. The fraction of sp³-hybridized carbons (Fsp3) is 0.259. The van der Waals surface area contributed by atoms with Gasteiger partial charge in [-0.1, -0.05) is 24.3 Å². The summed E-state index contributed by atoms with van der Waals surface area (Å²) in [5, 5.41) is 12.1. The number of phenolic OH excluding ortho intramolecular Hbond substituents is 1. The summed E-state index contributed by atoms with van der Waals surface area (Å²) < 4.78 is 11.6. The molecule has 0 unspecified atom stereocenters. The standard InChI is InChI=1S/C27H25BrN2O6/c1-3-34-19-12-8-11-18(15-19)29-26(32)22-23(16-13-20(28)24(31)21(14-16)35-4-2)30(36-25(22)27(29)33)17-9-6-5-7-10-17/h5-15,22-23,25,31H,3-4H2,1-2H3/t22-,23-,25-/m0/s1. The Morgan fingerprint density at radius 2 is 1.64 bits per heavy atom. The van der Waals surface area contributed by atoms with Crippen molar-refractivity contribution < 1.29 is 29.0 Å². The van der Waals surface area contributed by atoms with Crippen LogP contribution in [-0.2, 0) is 14.4 Å². The summed E-state index contributed by atoms with van der Waals surface area (Å²) in [4.78, 5) is 34.8. The molecule has 0 radical (unpaired) electrons. The van der Waals surface area contributed by atoms with Gasteiger partial charge in [0.15, 0.2) is 17.6 Å². The number of phenols is 1. The second kappa shape index (κ2) is 9.83. The highest BCUT2D eigenvalue weighted by atomic mass is 79.9. The minimum absolute atomic E-state index is 0.0366. The van der Waals surface area contributed by atoms with Crippen LogP contribution in [0.4, 0.5) is 11.4 Å². The second-order valence-corrected chi connectivity index (χ2v) is 9.24. The molecule has 9 heteroatoms. The summed E-state index contributed by atoms with van der Waals surface area (Å²) in [7, 11) is 0. The molecule has 3 atom stereocenters. The Balaban J connectivity index is 1.60. The van der Waals surface area contributed by atoms with Gasteiger partial charge in [-0.25, -0.2) is 9.96 Å². The van der Waals surface area contributed by atoms with E-state index < -0.39 is 24.0 Å². The van der Waals surface area contributed by atoms with Crippen molar-refractivity contribution in [2.75, 3.05) is 23.2 Å². The van der Waals surface area contributed by atoms with Crippen LogP contribution >= 0.6 is 15.9 Å². The van der Waals surface area contributed by atoms with E-state index in [-0.39, 0.29) is 17.4 Å². The Bertz CT molecular complexity index is 1300. The number of nitrogens with zero attached hydrogens (tertiary/aromatic N) is 2. The summed E-state index contributed by atoms with van der Waals surface area (Å²) >= 11 is 3.40. The van der Waals surface area contributed by atoms with Gasteiger partial charge in [-0.3, -0.25) is 14.4 Å². The van der Waals surface area contributed by atoms with Gasteiger partial charge in [-0.15, -0.1) is 0 Å². The van der Waals surface area contributed by atoms with Crippen molar-refractivity contribution >= 4 is 39.1 Å². The Labute approximate surface area is 217 Å². The number of carbonyl (C=O) groups is 2. The van der Waals surface area contributed by atoms with Gasteiger partial charge in [0.25, 0.3) is 5.91 Å². The highest BCUT2D eigenvalue weighted by Gasteiger charge is 2.60. The smallest absolute Gasteiger partial charge is 0.266 e. The molecule has 2 heterocycles. The molecule has 0 bridgehead atoms.